The Bertz CT molecular complexity index is 643. The van der Waals surface area contributed by atoms with Gasteiger partial charge in [-0.15, -0.1) is 6.58 Å². The van der Waals surface area contributed by atoms with Gasteiger partial charge in [0, 0.05) is 6.04 Å². The second-order valence-corrected chi connectivity index (χ2v) is 9.26. The summed E-state index contributed by atoms with van der Waals surface area (Å²) in [6.07, 6.45) is 11.7. The molecule has 1 saturated carbocycles. The number of hydrogen-bond donors (Lipinski definition) is 1. The van der Waals surface area contributed by atoms with Crippen LogP contribution in [0.2, 0.25) is 0 Å². The van der Waals surface area contributed by atoms with Crippen LogP contribution in [-0.2, 0) is 10.0 Å². The van der Waals surface area contributed by atoms with E-state index in [4.69, 9.17) is 0 Å². The normalized spacial score (nSPS) is 18.6. The van der Waals surface area contributed by atoms with Gasteiger partial charge in [-0.2, -0.15) is 0 Å². The quantitative estimate of drug-likeness (QED) is 0.600. The molecule has 140 valence electrons. The van der Waals surface area contributed by atoms with Crippen molar-refractivity contribution in [3.63, 3.8) is 0 Å². The molecule has 1 aromatic carbocycles. The van der Waals surface area contributed by atoms with Gasteiger partial charge in [0.25, 0.3) is 0 Å². The highest BCUT2D eigenvalue weighted by Crippen LogP contribution is 2.44. The average Bonchev–Trinajstić information content (AvgIpc) is 2.60. The van der Waals surface area contributed by atoms with E-state index in [1.54, 1.807) is 12.1 Å². The van der Waals surface area contributed by atoms with Crippen LogP contribution in [0.5, 0.6) is 0 Å². The molecule has 1 unspecified atom stereocenters. The van der Waals surface area contributed by atoms with Crippen molar-refractivity contribution in [2.45, 2.75) is 82.6 Å². The first-order valence-corrected chi connectivity index (χ1v) is 11.1. The van der Waals surface area contributed by atoms with Gasteiger partial charge in [-0.25, -0.2) is 13.1 Å². The summed E-state index contributed by atoms with van der Waals surface area (Å²) in [5, 5.41) is 0. The third-order valence-electron chi connectivity index (χ3n) is 5.61. The second-order valence-electron chi connectivity index (χ2n) is 7.54. The van der Waals surface area contributed by atoms with Crippen molar-refractivity contribution in [3.05, 3.63) is 42.5 Å². The van der Waals surface area contributed by atoms with Gasteiger partial charge in [0.2, 0.25) is 10.0 Å². The number of rotatable bonds is 9. The van der Waals surface area contributed by atoms with Crippen molar-refractivity contribution in [2.75, 3.05) is 0 Å². The highest BCUT2D eigenvalue weighted by atomic mass is 32.2. The standard InChI is InChI=1S/C21H33NO2S/c1-4-6-10-20(21(15-5-2)16-8-7-9-17-21)22-25(23,24)19-13-11-18(3)12-14-19/h5,11-14,20,22H,2,4,6-10,15-17H2,1,3H3. The molecular weight excluding hydrogens is 330 g/mol. The number of allylic oxidation sites excluding steroid dienone is 1. The van der Waals surface area contributed by atoms with Gasteiger partial charge >= 0.3 is 0 Å². The van der Waals surface area contributed by atoms with Crippen molar-refractivity contribution >= 4 is 10.0 Å². The molecule has 0 bridgehead atoms. The highest BCUT2D eigenvalue weighted by molar-refractivity contribution is 7.89. The number of benzene rings is 1. The molecule has 0 spiro atoms. The predicted molar refractivity (Wildman–Crippen MR) is 105 cm³/mol. The van der Waals surface area contributed by atoms with Crippen LogP contribution in [0.15, 0.2) is 41.8 Å². The van der Waals surface area contributed by atoms with Crippen LogP contribution < -0.4 is 4.72 Å². The van der Waals surface area contributed by atoms with Crippen molar-refractivity contribution in [3.8, 4) is 0 Å². The Labute approximate surface area is 154 Å². The molecule has 1 fully saturated rings. The topological polar surface area (TPSA) is 46.2 Å². The van der Waals surface area contributed by atoms with E-state index in [0.29, 0.717) is 4.90 Å². The zero-order valence-electron chi connectivity index (χ0n) is 15.8. The zero-order chi connectivity index (χ0) is 18.3. The molecule has 3 nitrogen and oxygen atoms in total. The molecule has 0 radical (unpaired) electrons. The number of sulfonamides is 1. The maximum absolute atomic E-state index is 13.0. The van der Waals surface area contributed by atoms with Crippen molar-refractivity contribution < 1.29 is 8.42 Å². The molecule has 0 amide bonds. The lowest BCUT2D eigenvalue weighted by Gasteiger charge is -2.43. The van der Waals surface area contributed by atoms with E-state index in [0.717, 1.165) is 44.1 Å². The van der Waals surface area contributed by atoms with Crippen LogP contribution in [0.25, 0.3) is 0 Å². The minimum Gasteiger partial charge on any atom is -0.208 e. The molecule has 1 N–H and O–H groups in total. The van der Waals surface area contributed by atoms with Crippen LogP contribution in [-0.4, -0.2) is 14.5 Å². The predicted octanol–water partition coefficient (Wildman–Crippen LogP) is 5.36. The molecule has 0 aromatic heterocycles. The van der Waals surface area contributed by atoms with Gasteiger partial charge < -0.3 is 0 Å². The first kappa shape index (κ1) is 20.2. The lowest BCUT2D eigenvalue weighted by Crippen LogP contribution is -2.48. The second kappa shape index (κ2) is 9.00. The van der Waals surface area contributed by atoms with E-state index < -0.39 is 10.0 Å². The first-order valence-electron chi connectivity index (χ1n) is 9.63. The lowest BCUT2D eigenvalue weighted by molar-refractivity contribution is 0.130. The number of unbranched alkanes of at least 4 members (excludes halogenated alkanes) is 1. The molecule has 0 saturated heterocycles. The first-order chi connectivity index (χ1) is 11.9. The van der Waals surface area contributed by atoms with Crippen LogP contribution in [0.4, 0.5) is 0 Å². The highest BCUT2D eigenvalue weighted by Gasteiger charge is 2.40. The molecule has 2 rings (SSSR count). The van der Waals surface area contributed by atoms with E-state index in [2.05, 4.69) is 18.2 Å². The zero-order valence-corrected chi connectivity index (χ0v) is 16.6. The largest absolute Gasteiger partial charge is 0.240 e. The maximum Gasteiger partial charge on any atom is 0.240 e. The molecule has 1 atom stereocenters. The fraction of sp³-hybridized carbons (Fsp3) is 0.619. The van der Waals surface area contributed by atoms with Gasteiger partial charge in [-0.05, 0) is 50.2 Å². The summed E-state index contributed by atoms with van der Waals surface area (Å²) in [4.78, 5) is 0.365. The Morgan fingerprint density at radius 3 is 2.40 bits per heavy atom. The minimum absolute atomic E-state index is 0.0166. The van der Waals surface area contributed by atoms with E-state index in [1.807, 2.05) is 25.1 Å². The number of nitrogens with one attached hydrogen (secondary N) is 1. The van der Waals surface area contributed by atoms with Gasteiger partial charge in [0.05, 0.1) is 4.90 Å². The molecule has 25 heavy (non-hydrogen) atoms. The lowest BCUT2D eigenvalue weighted by atomic mass is 9.66. The minimum atomic E-state index is -3.50. The summed E-state index contributed by atoms with van der Waals surface area (Å²) in [6.45, 7) is 8.08. The van der Waals surface area contributed by atoms with Crippen molar-refractivity contribution in [1.82, 2.24) is 4.72 Å². The number of aryl methyl sites for hydroxylation is 1. The molecule has 1 aliphatic carbocycles. The van der Waals surface area contributed by atoms with Gasteiger partial charge in [0.15, 0.2) is 0 Å². The van der Waals surface area contributed by atoms with Crippen LogP contribution >= 0.6 is 0 Å². The van der Waals surface area contributed by atoms with Crippen LogP contribution in [0, 0.1) is 12.3 Å². The molecular formula is C21H33NO2S. The summed E-state index contributed by atoms with van der Waals surface area (Å²) in [6, 6.07) is 7.11. The smallest absolute Gasteiger partial charge is 0.208 e. The van der Waals surface area contributed by atoms with Crippen molar-refractivity contribution in [2.24, 2.45) is 5.41 Å². The van der Waals surface area contributed by atoms with Crippen LogP contribution in [0.3, 0.4) is 0 Å². The summed E-state index contributed by atoms with van der Waals surface area (Å²) < 4.78 is 29.0. The summed E-state index contributed by atoms with van der Waals surface area (Å²) >= 11 is 0. The number of hydrogen-bond acceptors (Lipinski definition) is 2. The third-order valence-corrected chi connectivity index (χ3v) is 7.10. The summed E-state index contributed by atoms with van der Waals surface area (Å²) in [5.41, 5.74) is 1.09. The monoisotopic (exact) mass is 363 g/mol. The molecule has 1 aromatic rings. The third kappa shape index (κ3) is 5.18. The SMILES string of the molecule is C=CCC1(C(CCCC)NS(=O)(=O)c2ccc(C)cc2)CCCCC1. The Hall–Kier alpha value is -1.13. The Morgan fingerprint density at radius 2 is 1.84 bits per heavy atom. The Kier molecular flexibility index (Phi) is 7.26. The fourth-order valence-corrected chi connectivity index (χ4v) is 5.48. The van der Waals surface area contributed by atoms with E-state index >= 15 is 0 Å². The fourth-order valence-electron chi connectivity index (χ4n) is 4.11. The van der Waals surface area contributed by atoms with Crippen LogP contribution in [0.1, 0.15) is 70.3 Å². The van der Waals surface area contributed by atoms with Gasteiger partial charge in [-0.3, -0.25) is 0 Å². The van der Waals surface area contributed by atoms with E-state index in [1.165, 1.54) is 19.3 Å². The van der Waals surface area contributed by atoms with Gasteiger partial charge in [0.1, 0.15) is 0 Å². The Balaban J connectivity index is 2.29. The molecule has 0 heterocycles. The van der Waals surface area contributed by atoms with Gasteiger partial charge in [-0.1, -0.05) is 62.8 Å². The average molecular weight is 364 g/mol. The van der Waals surface area contributed by atoms with Crippen molar-refractivity contribution in [1.29, 1.82) is 0 Å². The molecule has 1 aliphatic rings. The van der Waals surface area contributed by atoms with E-state index in [9.17, 15) is 8.42 Å². The Morgan fingerprint density at radius 1 is 1.20 bits per heavy atom. The molecule has 4 heteroatoms. The van der Waals surface area contributed by atoms with E-state index in [-0.39, 0.29) is 11.5 Å². The molecule has 0 aliphatic heterocycles. The maximum atomic E-state index is 13.0. The summed E-state index contributed by atoms with van der Waals surface area (Å²) in [5.74, 6) is 0. The summed E-state index contributed by atoms with van der Waals surface area (Å²) in [7, 11) is -3.50.